The molecule has 1 aromatic heterocycles. The molecule has 1 aromatic carbocycles. The molecule has 2 rings (SSSR count). The summed E-state index contributed by atoms with van der Waals surface area (Å²) in [7, 11) is 0. The molecule has 0 aliphatic carbocycles. The molecule has 0 N–H and O–H groups in total. The third kappa shape index (κ3) is 1.71. The lowest BCUT2D eigenvalue weighted by Crippen LogP contribution is -1.79. The van der Waals surface area contributed by atoms with Crippen LogP contribution in [0.25, 0.3) is 10.1 Å². The van der Waals surface area contributed by atoms with E-state index in [1.807, 2.05) is 18.4 Å². The number of thiophene rings is 1. The van der Waals surface area contributed by atoms with Gasteiger partial charge >= 0.3 is 0 Å². The van der Waals surface area contributed by atoms with Crippen molar-refractivity contribution in [2.24, 2.45) is 0 Å². The largest absolute Gasteiger partial charge is 0.206 e. The van der Waals surface area contributed by atoms with Crippen LogP contribution in [0.2, 0.25) is 0 Å². The van der Waals surface area contributed by atoms with Crippen molar-refractivity contribution in [3.63, 3.8) is 0 Å². The van der Waals surface area contributed by atoms with Gasteiger partial charge in [0.15, 0.2) is 0 Å². The Morgan fingerprint density at radius 3 is 2.92 bits per heavy atom. The average molecular weight is 324 g/mol. The average Bonchev–Trinajstić information content (AvgIpc) is 2.45. The maximum absolute atomic E-state index is 13.3. The first-order valence-corrected chi connectivity index (χ1v) is 6.76. The van der Waals surface area contributed by atoms with Crippen LogP contribution < -0.4 is 0 Å². The van der Waals surface area contributed by atoms with Crippen LogP contribution in [0.3, 0.4) is 0 Å². The summed E-state index contributed by atoms with van der Waals surface area (Å²) in [5, 5.41) is 1.04. The molecule has 0 amide bonds. The van der Waals surface area contributed by atoms with Crippen LogP contribution >= 0.6 is 45.7 Å². The number of thioether (sulfide) groups is 1. The Bertz CT molecular complexity index is 450. The van der Waals surface area contributed by atoms with Crippen LogP contribution in [0.4, 0.5) is 4.39 Å². The van der Waals surface area contributed by atoms with E-state index in [0.717, 1.165) is 15.0 Å². The van der Waals surface area contributed by atoms with Crippen molar-refractivity contribution in [1.82, 2.24) is 0 Å². The van der Waals surface area contributed by atoms with Crippen LogP contribution in [0.1, 0.15) is 0 Å². The van der Waals surface area contributed by atoms with Gasteiger partial charge in [-0.3, -0.25) is 0 Å². The summed E-state index contributed by atoms with van der Waals surface area (Å²) >= 11 is 5.43. The Kier molecular flexibility index (Phi) is 2.80. The molecule has 0 aliphatic heterocycles. The van der Waals surface area contributed by atoms with Gasteiger partial charge in [0.1, 0.15) is 5.82 Å². The molecule has 4 heteroatoms. The molecule has 13 heavy (non-hydrogen) atoms. The van der Waals surface area contributed by atoms with Gasteiger partial charge < -0.3 is 0 Å². The van der Waals surface area contributed by atoms with Crippen LogP contribution in [-0.4, -0.2) is 6.26 Å². The molecule has 0 aliphatic rings. The Labute approximate surface area is 97.7 Å². The van der Waals surface area contributed by atoms with Crippen molar-refractivity contribution >= 4 is 55.8 Å². The lowest BCUT2D eigenvalue weighted by atomic mass is 10.2. The van der Waals surface area contributed by atoms with E-state index < -0.39 is 0 Å². The number of hydrogen-bond acceptors (Lipinski definition) is 2. The summed E-state index contributed by atoms with van der Waals surface area (Å²) in [5.41, 5.74) is 0. The van der Waals surface area contributed by atoms with Gasteiger partial charge in [-0.25, -0.2) is 4.39 Å². The van der Waals surface area contributed by atoms with Gasteiger partial charge in [0, 0.05) is 10.1 Å². The molecule has 0 unspecified atom stereocenters. The highest BCUT2D eigenvalue weighted by atomic mass is 127. The molecule has 0 radical (unpaired) electrons. The SMILES string of the molecule is CSc1c(F)ccc2sc(I)cc12. The number of fused-ring (bicyclic) bond motifs is 1. The van der Waals surface area contributed by atoms with Crippen LogP contribution in [0.15, 0.2) is 23.1 Å². The summed E-state index contributed by atoms with van der Waals surface area (Å²) in [6.45, 7) is 0. The molecular weight excluding hydrogens is 318 g/mol. The third-order valence-corrected chi connectivity index (χ3v) is 4.46. The second-order valence-corrected chi connectivity index (χ2v) is 6.34. The third-order valence-electron chi connectivity index (χ3n) is 1.78. The highest BCUT2D eigenvalue weighted by molar-refractivity contribution is 14.1. The van der Waals surface area contributed by atoms with E-state index in [4.69, 9.17) is 0 Å². The molecule has 2 aromatic rings. The van der Waals surface area contributed by atoms with Gasteiger partial charge in [-0.2, -0.15) is 0 Å². The van der Waals surface area contributed by atoms with Gasteiger partial charge in [-0.1, -0.05) is 0 Å². The molecular formula is C9H6FIS2. The van der Waals surface area contributed by atoms with Gasteiger partial charge in [0.05, 0.1) is 7.78 Å². The lowest BCUT2D eigenvalue weighted by molar-refractivity contribution is 0.606. The maximum atomic E-state index is 13.3. The smallest absolute Gasteiger partial charge is 0.137 e. The summed E-state index contributed by atoms with van der Waals surface area (Å²) < 4.78 is 15.7. The molecule has 0 bridgehead atoms. The van der Waals surface area contributed by atoms with Gasteiger partial charge in [0.2, 0.25) is 0 Å². The van der Waals surface area contributed by atoms with Gasteiger partial charge in [0.25, 0.3) is 0 Å². The Morgan fingerprint density at radius 1 is 1.46 bits per heavy atom. The Balaban J connectivity index is 2.82. The molecule has 0 spiro atoms. The van der Waals surface area contributed by atoms with Crippen LogP contribution in [-0.2, 0) is 0 Å². The molecule has 0 fully saturated rings. The van der Waals surface area contributed by atoms with Crippen molar-refractivity contribution in [2.75, 3.05) is 6.26 Å². The molecule has 0 nitrogen and oxygen atoms in total. The van der Waals surface area contributed by atoms with Crippen LogP contribution in [0, 0.1) is 8.70 Å². The lowest BCUT2D eigenvalue weighted by Gasteiger charge is -1.99. The fourth-order valence-electron chi connectivity index (χ4n) is 1.24. The first kappa shape index (κ1) is 9.73. The fourth-order valence-corrected chi connectivity index (χ4v) is 3.77. The van der Waals surface area contributed by atoms with Crippen molar-refractivity contribution in [2.45, 2.75) is 4.90 Å². The number of benzene rings is 1. The summed E-state index contributed by atoms with van der Waals surface area (Å²) in [4.78, 5) is 0.761. The topological polar surface area (TPSA) is 0 Å². The van der Waals surface area contributed by atoms with Gasteiger partial charge in [-0.05, 0) is 47.0 Å². The summed E-state index contributed by atoms with van der Waals surface area (Å²) in [6, 6.07) is 5.42. The molecule has 0 saturated carbocycles. The monoisotopic (exact) mass is 324 g/mol. The first-order chi connectivity index (χ1) is 6.22. The predicted octanol–water partition coefficient (Wildman–Crippen LogP) is 4.37. The second kappa shape index (κ2) is 3.74. The highest BCUT2D eigenvalue weighted by Gasteiger charge is 2.08. The molecule has 68 valence electrons. The molecule has 0 saturated heterocycles. The summed E-state index contributed by atoms with van der Waals surface area (Å²) in [5.74, 6) is -0.116. The predicted molar refractivity (Wildman–Crippen MR) is 66.3 cm³/mol. The van der Waals surface area contributed by atoms with E-state index >= 15 is 0 Å². The number of rotatable bonds is 1. The molecule has 1 heterocycles. The Morgan fingerprint density at radius 2 is 2.23 bits per heavy atom. The van der Waals surface area contributed by atoms with E-state index in [9.17, 15) is 4.39 Å². The van der Waals surface area contributed by atoms with Crippen molar-refractivity contribution < 1.29 is 4.39 Å². The fraction of sp³-hybridized carbons (Fsp3) is 0.111. The van der Waals surface area contributed by atoms with Gasteiger partial charge in [-0.15, -0.1) is 23.1 Å². The highest BCUT2D eigenvalue weighted by Crippen LogP contribution is 2.34. The zero-order chi connectivity index (χ0) is 9.42. The van der Waals surface area contributed by atoms with Crippen molar-refractivity contribution in [3.05, 3.63) is 26.9 Å². The second-order valence-electron chi connectivity index (χ2n) is 2.54. The quantitative estimate of drug-likeness (QED) is 0.555. The zero-order valence-electron chi connectivity index (χ0n) is 6.80. The minimum Gasteiger partial charge on any atom is -0.206 e. The maximum Gasteiger partial charge on any atom is 0.137 e. The minimum absolute atomic E-state index is 0.116. The van der Waals surface area contributed by atoms with E-state index in [0.29, 0.717) is 0 Å². The van der Waals surface area contributed by atoms with Crippen molar-refractivity contribution in [3.8, 4) is 0 Å². The van der Waals surface area contributed by atoms with Crippen molar-refractivity contribution in [1.29, 1.82) is 0 Å². The Hall–Kier alpha value is 0.190. The van der Waals surface area contributed by atoms with E-state index in [2.05, 4.69) is 22.6 Å². The van der Waals surface area contributed by atoms with E-state index in [-0.39, 0.29) is 5.82 Å². The van der Waals surface area contributed by atoms with E-state index in [1.54, 1.807) is 17.4 Å². The normalized spacial score (nSPS) is 11.0. The summed E-state index contributed by atoms with van der Waals surface area (Å²) in [6.07, 6.45) is 1.91. The molecule has 0 atom stereocenters. The number of hydrogen-bond donors (Lipinski definition) is 0. The standard InChI is InChI=1S/C9H6FIS2/c1-12-9-5-4-8(11)13-7(5)3-2-6(9)10/h2-4H,1H3. The minimum atomic E-state index is -0.116. The van der Waals surface area contributed by atoms with E-state index in [1.165, 1.54) is 14.6 Å². The first-order valence-electron chi connectivity index (χ1n) is 3.64. The zero-order valence-corrected chi connectivity index (χ0v) is 10.6. The van der Waals surface area contributed by atoms with Crippen LogP contribution in [0.5, 0.6) is 0 Å². The number of halogens is 2.